The number of urea groups is 1. The van der Waals surface area contributed by atoms with E-state index in [-0.39, 0.29) is 56.2 Å². The third kappa shape index (κ3) is 16.9. The Kier molecular flexibility index (Phi) is 19.3. The molecular formula is C30H52N6O8. The minimum Gasteiger partial charge on any atom is -0.379 e. The van der Waals surface area contributed by atoms with Crippen LogP contribution >= 0.6 is 0 Å². The van der Waals surface area contributed by atoms with Crippen LogP contribution in [0.15, 0.2) is 12.2 Å². The Hall–Kier alpha value is -3.52. The molecule has 0 bridgehead atoms. The van der Waals surface area contributed by atoms with E-state index in [4.69, 9.17) is 15.2 Å². The van der Waals surface area contributed by atoms with Crippen molar-refractivity contribution in [3.63, 3.8) is 0 Å². The van der Waals surface area contributed by atoms with Crippen molar-refractivity contribution in [1.82, 2.24) is 26.2 Å². The van der Waals surface area contributed by atoms with E-state index in [9.17, 15) is 28.8 Å². The summed E-state index contributed by atoms with van der Waals surface area (Å²) in [5.41, 5.74) is 5.11. The molecule has 14 heteroatoms. The predicted octanol–water partition coefficient (Wildman–Crippen LogP) is 0.741. The number of amides is 7. The van der Waals surface area contributed by atoms with Crippen molar-refractivity contribution < 1.29 is 38.2 Å². The third-order valence-electron chi connectivity index (χ3n) is 6.81. The molecule has 2 atom stereocenters. The van der Waals surface area contributed by atoms with Crippen molar-refractivity contribution in [2.24, 2.45) is 17.6 Å². The fraction of sp³-hybridized carbons (Fsp3) is 0.733. The number of hydrogen-bond donors (Lipinski definition) is 5. The Morgan fingerprint density at radius 1 is 0.773 bits per heavy atom. The molecule has 0 aromatic carbocycles. The van der Waals surface area contributed by atoms with Crippen LogP contribution in [0.4, 0.5) is 4.79 Å². The smallest absolute Gasteiger partial charge is 0.312 e. The number of hydrogen-bond acceptors (Lipinski definition) is 8. The van der Waals surface area contributed by atoms with Gasteiger partial charge in [-0.1, -0.05) is 34.1 Å². The Labute approximate surface area is 260 Å². The fourth-order valence-electron chi connectivity index (χ4n) is 4.22. The summed E-state index contributed by atoms with van der Waals surface area (Å²) in [6.45, 7) is 10.4. The van der Waals surface area contributed by atoms with E-state index >= 15 is 0 Å². The molecule has 0 radical (unpaired) electrons. The number of unbranched alkanes of at least 4 members (excludes halogenated alkanes) is 2. The second-order valence-corrected chi connectivity index (χ2v) is 11.5. The fourth-order valence-corrected chi connectivity index (χ4v) is 4.22. The third-order valence-corrected chi connectivity index (χ3v) is 6.81. The maximum Gasteiger partial charge on any atom is 0.312 e. The largest absolute Gasteiger partial charge is 0.379 e. The number of imide groups is 1. The number of carbonyl (C=O) groups is 6. The van der Waals surface area contributed by atoms with E-state index < -0.39 is 29.9 Å². The van der Waals surface area contributed by atoms with Gasteiger partial charge >= 0.3 is 6.03 Å². The van der Waals surface area contributed by atoms with Gasteiger partial charge in [0.15, 0.2) is 0 Å². The van der Waals surface area contributed by atoms with Gasteiger partial charge in [0, 0.05) is 44.8 Å². The van der Waals surface area contributed by atoms with E-state index in [0.717, 1.165) is 11.3 Å². The standard InChI is InChI=1S/C30H52N6O8/c1-21(2)13-17-43-19-20-44-18-15-32-28(40)23(9-8-14-33-30(31)42)34-29(41)27(22(3)4)35-24(37)10-6-5-7-16-36-25(38)11-12-26(36)39/h11-12,21-23,27H,5-10,13-20H2,1-4H3,(H,32,40)(H,34,41)(H,35,37)(H3,31,33,42)/t23-,27-/m0/s1. The van der Waals surface area contributed by atoms with Gasteiger partial charge < -0.3 is 36.5 Å². The molecule has 1 heterocycles. The molecule has 1 rings (SSSR count). The highest BCUT2D eigenvalue weighted by Crippen LogP contribution is 2.09. The number of carbonyl (C=O) groups excluding carboxylic acids is 6. The molecule has 1 aliphatic rings. The quantitative estimate of drug-likeness (QED) is 0.0765. The number of ether oxygens (including phenoxy) is 2. The lowest BCUT2D eigenvalue weighted by Gasteiger charge is -2.25. The lowest BCUT2D eigenvalue weighted by Crippen LogP contribution is -2.55. The monoisotopic (exact) mass is 624 g/mol. The first-order chi connectivity index (χ1) is 20.9. The van der Waals surface area contributed by atoms with Crippen molar-refractivity contribution in [3.8, 4) is 0 Å². The number of nitrogens with zero attached hydrogens (tertiary/aromatic N) is 1. The summed E-state index contributed by atoms with van der Waals surface area (Å²) in [5.74, 6) is -1.57. The number of nitrogens with one attached hydrogen (secondary N) is 4. The number of primary amides is 1. The molecule has 0 fully saturated rings. The minimum absolute atomic E-state index is 0.169. The Morgan fingerprint density at radius 2 is 1.43 bits per heavy atom. The summed E-state index contributed by atoms with van der Waals surface area (Å²) in [6.07, 6.45) is 5.95. The van der Waals surface area contributed by atoms with Gasteiger partial charge in [-0.05, 0) is 43.9 Å². The molecule has 0 saturated heterocycles. The molecule has 0 unspecified atom stereocenters. The summed E-state index contributed by atoms with van der Waals surface area (Å²) in [5, 5.41) is 10.7. The molecule has 44 heavy (non-hydrogen) atoms. The molecule has 1 aliphatic heterocycles. The van der Waals surface area contributed by atoms with E-state index in [1.807, 2.05) is 0 Å². The first-order valence-electron chi connectivity index (χ1n) is 15.5. The number of rotatable bonds is 24. The highest BCUT2D eigenvalue weighted by molar-refractivity contribution is 6.12. The Balaban J connectivity index is 2.52. The molecule has 0 aliphatic carbocycles. The summed E-state index contributed by atoms with van der Waals surface area (Å²) in [4.78, 5) is 74.2. The molecule has 250 valence electrons. The number of nitrogens with two attached hydrogens (primary N) is 1. The van der Waals surface area contributed by atoms with Crippen LogP contribution in [0.25, 0.3) is 0 Å². The average Bonchev–Trinajstić information content (AvgIpc) is 3.27. The zero-order valence-electron chi connectivity index (χ0n) is 26.7. The van der Waals surface area contributed by atoms with Gasteiger partial charge in [0.2, 0.25) is 17.7 Å². The Morgan fingerprint density at radius 3 is 2.05 bits per heavy atom. The maximum absolute atomic E-state index is 13.2. The van der Waals surface area contributed by atoms with E-state index in [2.05, 4.69) is 35.1 Å². The second kappa shape index (κ2) is 22.1. The highest BCUT2D eigenvalue weighted by atomic mass is 16.5. The zero-order valence-corrected chi connectivity index (χ0v) is 26.7. The topological polar surface area (TPSA) is 198 Å². The van der Waals surface area contributed by atoms with Crippen molar-refractivity contribution in [1.29, 1.82) is 0 Å². The van der Waals surface area contributed by atoms with Gasteiger partial charge in [0.05, 0.1) is 19.8 Å². The summed E-state index contributed by atoms with van der Waals surface area (Å²) in [7, 11) is 0. The molecule has 14 nitrogen and oxygen atoms in total. The van der Waals surface area contributed by atoms with Gasteiger partial charge in [-0.25, -0.2) is 4.79 Å². The van der Waals surface area contributed by atoms with E-state index in [1.54, 1.807) is 13.8 Å². The molecule has 0 aromatic heterocycles. The lowest BCUT2D eigenvalue weighted by molar-refractivity contribution is -0.137. The molecular weight excluding hydrogens is 572 g/mol. The lowest BCUT2D eigenvalue weighted by atomic mass is 10.0. The molecule has 0 saturated carbocycles. The van der Waals surface area contributed by atoms with Crippen LogP contribution in [0, 0.1) is 11.8 Å². The van der Waals surface area contributed by atoms with Crippen LogP contribution in [-0.2, 0) is 33.4 Å². The summed E-state index contributed by atoms with van der Waals surface area (Å²) >= 11 is 0. The van der Waals surface area contributed by atoms with Crippen molar-refractivity contribution >= 4 is 35.6 Å². The van der Waals surface area contributed by atoms with Crippen molar-refractivity contribution in [2.45, 2.75) is 84.7 Å². The minimum atomic E-state index is -0.903. The van der Waals surface area contributed by atoms with Gasteiger partial charge in [0.25, 0.3) is 11.8 Å². The first kappa shape index (κ1) is 38.5. The van der Waals surface area contributed by atoms with Crippen LogP contribution in [0.5, 0.6) is 0 Å². The van der Waals surface area contributed by atoms with Crippen LogP contribution in [0.1, 0.15) is 72.6 Å². The van der Waals surface area contributed by atoms with Crippen LogP contribution < -0.4 is 27.0 Å². The molecule has 7 amide bonds. The average molecular weight is 625 g/mol. The van der Waals surface area contributed by atoms with Gasteiger partial charge in [0.1, 0.15) is 12.1 Å². The zero-order chi connectivity index (χ0) is 32.9. The van der Waals surface area contributed by atoms with E-state index in [1.165, 1.54) is 12.2 Å². The van der Waals surface area contributed by atoms with Gasteiger partial charge in [-0.15, -0.1) is 0 Å². The Bertz CT molecular complexity index is 953. The maximum atomic E-state index is 13.2. The van der Waals surface area contributed by atoms with E-state index in [0.29, 0.717) is 58.0 Å². The highest BCUT2D eigenvalue weighted by Gasteiger charge is 2.28. The second-order valence-electron chi connectivity index (χ2n) is 11.5. The van der Waals surface area contributed by atoms with Crippen molar-refractivity contribution in [2.75, 3.05) is 46.1 Å². The first-order valence-corrected chi connectivity index (χ1v) is 15.5. The summed E-state index contributed by atoms with van der Waals surface area (Å²) < 4.78 is 11.0. The van der Waals surface area contributed by atoms with Crippen molar-refractivity contribution in [3.05, 3.63) is 12.2 Å². The SMILES string of the molecule is CC(C)CCOCCOCCNC(=O)[C@H](CCCNC(N)=O)NC(=O)[C@@H](NC(=O)CCCCCN1C(=O)C=CC1=O)C(C)C. The summed E-state index contributed by atoms with van der Waals surface area (Å²) in [6, 6.07) is -2.45. The molecule has 6 N–H and O–H groups in total. The van der Waals surface area contributed by atoms with Gasteiger partial charge in [-0.2, -0.15) is 0 Å². The van der Waals surface area contributed by atoms with Crippen LogP contribution in [0.3, 0.4) is 0 Å². The normalized spacial score (nSPS) is 14.2. The van der Waals surface area contributed by atoms with Crippen LogP contribution in [0.2, 0.25) is 0 Å². The molecule has 0 spiro atoms. The van der Waals surface area contributed by atoms with Crippen LogP contribution in [-0.4, -0.2) is 98.6 Å². The predicted molar refractivity (Wildman–Crippen MR) is 164 cm³/mol. The molecule has 0 aromatic rings. The van der Waals surface area contributed by atoms with Gasteiger partial charge in [-0.3, -0.25) is 28.9 Å².